The molecule has 0 aliphatic rings. The van der Waals surface area contributed by atoms with E-state index in [1.165, 1.54) is 5.56 Å². The third-order valence-corrected chi connectivity index (χ3v) is 6.42. The van der Waals surface area contributed by atoms with Gasteiger partial charge in [0.05, 0.1) is 21.5 Å². The molecule has 0 saturated carbocycles. The molecular weight excluding hydrogens is 458 g/mol. The Balaban J connectivity index is 1.45. The van der Waals surface area contributed by atoms with Crippen molar-refractivity contribution in [3.63, 3.8) is 0 Å². The number of aromatic nitrogens is 3. The summed E-state index contributed by atoms with van der Waals surface area (Å²) in [4.78, 5) is 25.2. The first kappa shape index (κ1) is 22.5. The molecule has 0 atom stereocenters. The molecule has 0 aliphatic heterocycles. The van der Waals surface area contributed by atoms with Gasteiger partial charge < -0.3 is 15.7 Å². The maximum absolute atomic E-state index is 11.1. The van der Waals surface area contributed by atoms with Crippen LogP contribution in [0.15, 0.2) is 78.9 Å². The molecule has 35 heavy (non-hydrogen) atoms. The van der Waals surface area contributed by atoms with Crippen LogP contribution >= 0.6 is 11.3 Å². The van der Waals surface area contributed by atoms with Crippen LogP contribution in [-0.2, 0) is 12.8 Å². The predicted octanol–water partition coefficient (Wildman–Crippen LogP) is 6.42. The minimum atomic E-state index is -0.967. The molecule has 5 aromatic rings. The Morgan fingerprint density at radius 2 is 1.69 bits per heavy atom. The van der Waals surface area contributed by atoms with Crippen LogP contribution < -0.4 is 10.6 Å². The second kappa shape index (κ2) is 9.90. The number of fused-ring (bicyclic) bond motifs is 1. The number of nitrogens with zero attached hydrogens (tertiary/aromatic N) is 3. The summed E-state index contributed by atoms with van der Waals surface area (Å²) < 4.78 is 1.13. The standard InChI is InChI=1S/C27H23N5O2S/c1-2-17-8-13-22-23(15-17)35-27(30-22)32-24-16-21(14-18-6-4-3-5-7-18)29-26(31-24)28-20-11-9-19(10-12-20)25(33)34/h3-13,15-16H,2,14H2,1H3,(H,33,34)(H2,28,29,30,31,32). The number of hydrogen-bond donors (Lipinski definition) is 3. The first-order valence-corrected chi connectivity index (χ1v) is 12.1. The molecule has 174 valence electrons. The van der Waals surface area contributed by atoms with Gasteiger partial charge in [-0.15, -0.1) is 0 Å². The van der Waals surface area contributed by atoms with E-state index in [-0.39, 0.29) is 5.56 Å². The minimum Gasteiger partial charge on any atom is -0.478 e. The summed E-state index contributed by atoms with van der Waals surface area (Å²) in [6, 6.07) is 24.9. The van der Waals surface area contributed by atoms with Gasteiger partial charge in [0.2, 0.25) is 5.95 Å². The summed E-state index contributed by atoms with van der Waals surface area (Å²) in [5, 5.41) is 16.4. The van der Waals surface area contributed by atoms with Gasteiger partial charge in [0.15, 0.2) is 5.13 Å². The third-order valence-electron chi connectivity index (χ3n) is 5.49. The molecule has 0 amide bonds. The summed E-state index contributed by atoms with van der Waals surface area (Å²) in [6.45, 7) is 2.14. The third kappa shape index (κ3) is 5.44. The summed E-state index contributed by atoms with van der Waals surface area (Å²) in [6.07, 6.45) is 1.62. The highest BCUT2D eigenvalue weighted by atomic mass is 32.1. The smallest absolute Gasteiger partial charge is 0.335 e. The molecule has 0 unspecified atom stereocenters. The number of anilines is 4. The van der Waals surface area contributed by atoms with Crippen molar-refractivity contribution in [1.29, 1.82) is 0 Å². The average molecular weight is 482 g/mol. The lowest BCUT2D eigenvalue weighted by molar-refractivity contribution is 0.0697. The summed E-state index contributed by atoms with van der Waals surface area (Å²) in [5.74, 6) is 0.0785. The SMILES string of the molecule is CCc1ccc2nc(Nc3cc(Cc4ccccc4)nc(Nc4ccc(C(=O)O)cc4)n3)sc2c1. The fourth-order valence-corrected chi connectivity index (χ4v) is 4.63. The lowest BCUT2D eigenvalue weighted by atomic mass is 10.1. The van der Waals surface area contributed by atoms with Crippen molar-refractivity contribution in [3.8, 4) is 0 Å². The molecule has 5 rings (SSSR count). The van der Waals surface area contributed by atoms with Crippen LogP contribution in [0.3, 0.4) is 0 Å². The number of aromatic carboxylic acids is 1. The number of hydrogen-bond acceptors (Lipinski definition) is 7. The monoisotopic (exact) mass is 481 g/mol. The second-order valence-electron chi connectivity index (χ2n) is 8.04. The van der Waals surface area contributed by atoms with E-state index in [1.807, 2.05) is 30.3 Å². The van der Waals surface area contributed by atoms with Crippen molar-refractivity contribution in [1.82, 2.24) is 15.0 Å². The Morgan fingerprint density at radius 1 is 0.886 bits per heavy atom. The lowest BCUT2D eigenvalue weighted by Gasteiger charge is -2.11. The molecule has 0 fully saturated rings. The summed E-state index contributed by atoms with van der Waals surface area (Å²) in [7, 11) is 0. The van der Waals surface area contributed by atoms with Crippen LogP contribution in [0.1, 0.15) is 34.1 Å². The van der Waals surface area contributed by atoms with Gasteiger partial charge in [-0.05, 0) is 53.9 Å². The number of carbonyl (C=O) groups is 1. The topological polar surface area (TPSA) is 100 Å². The van der Waals surface area contributed by atoms with Crippen molar-refractivity contribution in [3.05, 3.63) is 101 Å². The van der Waals surface area contributed by atoms with E-state index in [4.69, 9.17) is 15.1 Å². The number of nitrogens with one attached hydrogen (secondary N) is 2. The minimum absolute atomic E-state index is 0.221. The zero-order valence-corrected chi connectivity index (χ0v) is 19.8. The number of carboxylic acids is 1. The molecule has 0 bridgehead atoms. The van der Waals surface area contributed by atoms with Gasteiger partial charge in [0, 0.05) is 18.2 Å². The molecule has 0 saturated heterocycles. The molecule has 7 nitrogen and oxygen atoms in total. The zero-order chi connectivity index (χ0) is 24.2. The number of rotatable bonds is 8. The molecule has 2 heterocycles. The quantitative estimate of drug-likeness (QED) is 0.235. The van der Waals surface area contributed by atoms with Crippen LogP contribution in [-0.4, -0.2) is 26.0 Å². The van der Waals surface area contributed by atoms with E-state index in [0.29, 0.717) is 23.9 Å². The fourth-order valence-electron chi connectivity index (χ4n) is 3.69. The van der Waals surface area contributed by atoms with Crippen molar-refractivity contribution >= 4 is 50.1 Å². The van der Waals surface area contributed by atoms with E-state index >= 15 is 0 Å². The molecule has 2 aromatic heterocycles. The van der Waals surface area contributed by atoms with Gasteiger partial charge in [-0.3, -0.25) is 0 Å². The molecule has 3 aromatic carbocycles. The van der Waals surface area contributed by atoms with Crippen molar-refractivity contribution in [2.24, 2.45) is 0 Å². The first-order valence-electron chi connectivity index (χ1n) is 11.2. The largest absolute Gasteiger partial charge is 0.478 e. The van der Waals surface area contributed by atoms with Crippen LogP contribution in [0.4, 0.5) is 22.6 Å². The Kier molecular flexibility index (Phi) is 6.36. The number of thiazole rings is 1. The van der Waals surface area contributed by atoms with Crippen LogP contribution in [0, 0.1) is 0 Å². The number of aryl methyl sites for hydroxylation is 1. The Labute approximate surface area is 206 Å². The van der Waals surface area contributed by atoms with Crippen molar-refractivity contribution in [2.45, 2.75) is 19.8 Å². The zero-order valence-electron chi connectivity index (χ0n) is 19.0. The highest BCUT2D eigenvalue weighted by Gasteiger charge is 2.11. The highest BCUT2D eigenvalue weighted by Crippen LogP contribution is 2.29. The van der Waals surface area contributed by atoms with Gasteiger partial charge in [-0.1, -0.05) is 54.7 Å². The molecular formula is C27H23N5O2S. The van der Waals surface area contributed by atoms with Crippen LogP contribution in [0.25, 0.3) is 10.2 Å². The maximum atomic E-state index is 11.1. The maximum Gasteiger partial charge on any atom is 0.335 e. The molecule has 0 aliphatic carbocycles. The number of carboxylic acid groups (broad SMARTS) is 1. The van der Waals surface area contributed by atoms with Gasteiger partial charge in [0.1, 0.15) is 5.82 Å². The lowest BCUT2D eigenvalue weighted by Crippen LogP contribution is -2.05. The predicted molar refractivity (Wildman–Crippen MR) is 140 cm³/mol. The van der Waals surface area contributed by atoms with Crippen molar-refractivity contribution < 1.29 is 9.90 Å². The van der Waals surface area contributed by atoms with Crippen LogP contribution in [0.2, 0.25) is 0 Å². The summed E-state index contributed by atoms with van der Waals surface area (Å²) in [5.41, 5.74) is 5.13. The second-order valence-corrected chi connectivity index (χ2v) is 9.07. The normalized spacial score (nSPS) is 10.9. The Bertz CT molecular complexity index is 1480. The molecule has 0 spiro atoms. The first-order chi connectivity index (χ1) is 17.1. The van der Waals surface area contributed by atoms with Crippen molar-refractivity contribution in [2.75, 3.05) is 10.6 Å². The Hall–Kier alpha value is -4.30. The molecule has 0 radical (unpaired) electrons. The van der Waals surface area contributed by atoms with Crippen LogP contribution in [0.5, 0.6) is 0 Å². The number of benzene rings is 3. The van der Waals surface area contributed by atoms with E-state index in [1.54, 1.807) is 35.6 Å². The van der Waals surface area contributed by atoms with Gasteiger partial charge in [0.25, 0.3) is 0 Å². The van der Waals surface area contributed by atoms with Gasteiger partial charge in [-0.25, -0.2) is 14.8 Å². The van der Waals surface area contributed by atoms with E-state index in [0.717, 1.165) is 33.0 Å². The van der Waals surface area contributed by atoms with E-state index in [2.05, 4.69) is 46.8 Å². The van der Waals surface area contributed by atoms with Gasteiger partial charge >= 0.3 is 5.97 Å². The molecule has 3 N–H and O–H groups in total. The van der Waals surface area contributed by atoms with E-state index in [9.17, 15) is 4.79 Å². The Morgan fingerprint density at radius 3 is 2.43 bits per heavy atom. The highest BCUT2D eigenvalue weighted by molar-refractivity contribution is 7.22. The van der Waals surface area contributed by atoms with E-state index < -0.39 is 5.97 Å². The molecule has 8 heteroatoms. The van der Waals surface area contributed by atoms with Gasteiger partial charge in [-0.2, -0.15) is 4.98 Å². The fraction of sp³-hybridized carbons (Fsp3) is 0.111. The average Bonchev–Trinajstić information content (AvgIpc) is 3.26. The summed E-state index contributed by atoms with van der Waals surface area (Å²) >= 11 is 1.59.